The lowest BCUT2D eigenvalue weighted by molar-refractivity contribution is 0.147. The molecule has 0 saturated carbocycles. The van der Waals surface area contributed by atoms with E-state index in [1.54, 1.807) is 14.2 Å². The van der Waals surface area contributed by atoms with Gasteiger partial charge >= 0.3 is 0 Å². The summed E-state index contributed by atoms with van der Waals surface area (Å²) in [5.74, 6) is 1.24. The first-order valence-corrected chi connectivity index (χ1v) is 5.54. The van der Waals surface area contributed by atoms with E-state index in [-0.39, 0.29) is 6.04 Å². The van der Waals surface area contributed by atoms with Crippen LogP contribution in [0, 0.1) is 5.92 Å². The van der Waals surface area contributed by atoms with Crippen molar-refractivity contribution in [2.24, 2.45) is 11.7 Å². The zero-order valence-corrected chi connectivity index (χ0v) is 10.3. The number of ether oxygens (including phenoxy) is 2. The molecule has 1 rings (SSSR count). The van der Waals surface area contributed by atoms with E-state index in [0.717, 1.165) is 12.2 Å². The molecule has 0 saturated heterocycles. The van der Waals surface area contributed by atoms with Crippen LogP contribution in [0.5, 0.6) is 5.75 Å². The summed E-state index contributed by atoms with van der Waals surface area (Å²) >= 11 is 0. The average Bonchev–Trinajstić information content (AvgIpc) is 2.30. The fourth-order valence-corrected chi connectivity index (χ4v) is 1.62. The molecular weight excluding hydrogens is 202 g/mol. The molecule has 16 heavy (non-hydrogen) atoms. The smallest absolute Gasteiger partial charge is 0.118 e. The predicted octanol–water partition coefficient (Wildman–Crippen LogP) is 1.85. The van der Waals surface area contributed by atoms with Crippen molar-refractivity contribution < 1.29 is 9.47 Å². The summed E-state index contributed by atoms with van der Waals surface area (Å²) in [5, 5.41) is 0. The second kappa shape index (κ2) is 6.51. The molecule has 90 valence electrons. The summed E-state index contributed by atoms with van der Waals surface area (Å²) in [6.07, 6.45) is 0.870. The topological polar surface area (TPSA) is 44.5 Å². The second-order valence-electron chi connectivity index (χ2n) is 4.15. The van der Waals surface area contributed by atoms with E-state index in [1.165, 1.54) is 5.56 Å². The summed E-state index contributed by atoms with van der Waals surface area (Å²) in [6, 6.07) is 8.16. The third kappa shape index (κ3) is 3.83. The highest BCUT2D eigenvalue weighted by molar-refractivity contribution is 5.27. The Morgan fingerprint density at radius 1 is 1.19 bits per heavy atom. The van der Waals surface area contributed by atoms with Crippen molar-refractivity contribution >= 4 is 0 Å². The lowest BCUT2D eigenvalue weighted by Crippen LogP contribution is -2.33. The zero-order chi connectivity index (χ0) is 12.0. The molecule has 3 heteroatoms. The first-order valence-electron chi connectivity index (χ1n) is 5.54. The maximum Gasteiger partial charge on any atom is 0.118 e. The Labute approximate surface area is 97.6 Å². The average molecular weight is 223 g/mol. The van der Waals surface area contributed by atoms with Gasteiger partial charge in [-0.15, -0.1) is 0 Å². The lowest BCUT2D eigenvalue weighted by atomic mass is 9.96. The normalized spacial score (nSPS) is 14.5. The van der Waals surface area contributed by atoms with Crippen LogP contribution in [-0.4, -0.2) is 26.9 Å². The van der Waals surface area contributed by atoms with Crippen LogP contribution in [0.15, 0.2) is 24.3 Å². The van der Waals surface area contributed by atoms with Gasteiger partial charge in [-0.05, 0) is 30.0 Å². The van der Waals surface area contributed by atoms with Crippen LogP contribution in [0.4, 0.5) is 0 Å². The molecule has 0 aliphatic carbocycles. The maximum absolute atomic E-state index is 6.09. The van der Waals surface area contributed by atoms with E-state index in [2.05, 4.69) is 19.1 Å². The highest BCUT2D eigenvalue weighted by atomic mass is 16.5. The highest BCUT2D eigenvalue weighted by Crippen LogP contribution is 2.14. The zero-order valence-electron chi connectivity index (χ0n) is 10.3. The van der Waals surface area contributed by atoms with Crippen molar-refractivity contribution in [1.82, 2.24) is 0 Å². The molecule has 0 aliphatic heterocycles. The SMILES string of the molecule is COCC(C)C(N)Cc1ccc(OC)cc1. The minimum absolute atomic E-state index is 0.133. The third-order valence-electron chi connectivity index (χ3n) is 2.79. The first-order chi connectivity index (χ1) is 7.67. The molecule has 3 nitrogen and oxygen atoms in total. The third-order valence-corrected chi connectivity index (χ3v) is 2.79. The Morgan fingerprint density at radius 3 is 2.31 bits per heavy atom. The van der Waals surface area contributed by atoms with Crippen molar-refractivity contribution in [2.75, 3.05) is 20.8 Å². The molecular formula is C13H21NO2. The fourth-order valence-electron chi connectivity index (χ4n) is 1.62. The van der Waals surface area contributed by atoms with E-state index >= 15 is 0 Å². The Balaban J connectivity index is 2.52. The van der Waals surface area contributed by atoms with Crippen molar-refractivity contribution in [3.63, 3.8) is 0 Å². The van der Waals surface area contributed by atoms with Crippen LogP contribution in [0.1, 0.15) is 12.5 Å². The number of benzene rings is 1. The molecule has 2 unspecified atom stereocenters. The van der Waals surface area contributed by atoms with Gasteiger partial charge in [-0.3, -0.25) is 0 Å². The van der Waals surface area contributed by atoms with Gasteiger partial charge in [0, 0.05) is 13.2 Å². The van der Waals surface area contributed by atoms with Gasteiger partial charge in [-0.2, -0.15) is 0 Å². The quantitative estimate of drug-likeness (QED) is 0.800. The Morgan fingerprint density at radius 2 is 1.81 bits per heavy atom. The molecule has 0 spiro atoms. The van der Waals surface area contributed by atoms with Gasteiger partial charge in [0.1, 0.15) is 5.75 Å². The summed E-state index contributed by atoms with van der Waals surface area (Å²) < 4.78 is 10.2. The van der Waals surface area contributed by atoms with E-state index in [0.29, 0.717) is 12.5 Å². The van der Waals surface area contributed by atoms with Crippen molar-refractivity contribution in [1.29, 1.82) is 0 Å². The van der Waals surface area contributed by atoms with E-state index < -0.39 is 0 Å². The van der Waals surface area contributed by atoms with Gasteiger partial charge < -0.3 is 15.2 Å². The second-order valence-corrected chi connectivity index (χ2v) is 4.15. The number of hydrogen-bond acceptors (Lipinski definition) is 3. The monoisotopic (exact) mass is 223 g/mol. The lowest BCUT2D eigenvalue weighted by Gasteiger charge is -2.19. The van der Waals surface area contributed by atoms with Gasteiger partial charge in [0.05, 0.1) is 13.7 Å². The predicted molar refractivity (Wildman–Crippen MR) is 65.7 cm³/mol. The molecule has 2 N–H and O–H groups in total. The molecule has 0 amide bonds. The van der Waals surface area contributed by atoms with Gasteiger partial charge in [0.15, 0.2) is 0 Å². The number of methoxy groups -OCH3 is 2. The van der Waals surface area contributed by atoms with Crippen LogP contribution in [0.25, 0.3) is 0 Å². The molecule has 1 aromatic rings. The number of nitrogens with two attached hydrogens (primary N) is 1. The molecule has 0 heterocycles. The van der Waals surface area contributed by atoms with Crippen LogP contribution >= 0.6 is 0 Å². The van der Waals surface area contributed by atoms with Gasteiger partial charge in [0.2, 0.25) is 0 Å². The van der Waals surface area contributed by atoms with Gasteiger partial charge in [0.25, 0.3) is 0 Å². The number of rotatable bonds is 6. The number of hydrogen-bond donors (Lipinski definition) is 1. The summed E-state index contributed by atoms with van der Waals surface area (Å²) in [4.78, 5) is 0. The summed E-state index contributed by atoms with van der Waals surface area (Å²) in [5.41, 5.74) is 7.33. The van der Waals surface area contributed by atoms with Crippen LogP contribution in [0.2, 0.25) is 0 Å². The van der Waals surface area contributed by atoms with Crippen molar-refractivity contribution in [3.05, 3.63) is 29.8 Å². The maximum atomic E-state index is 6.09. The van der Waals surface area contributed by atoms with Crippen LogP contribution in [0.3, 0.4) is 0 Å². The molecule has 0 bridgehead atoms. The Bertz CT molecular complexity index is 297. The first kappa shape index (κ1) is 13.0. The Kier molecular flexibility index (Phi) is 5.29. The standard InChI is InChI=1S/C13H21NO2/c1-10(9-15-2)13(14)8-11-4-6-12(16-3)7-5-11/h4-7,10,13H,8-9,14H2,1-3H3. The molecule has 0 aromatic heterocycles. The van der Waals surface area contributed by atoms with E-state index in [4.69, 9.17) is 15.2 Å². The van der Waals surface area contributed by atoms with Crippen molar-refractivity contribution in [3.8, 4) is 5.75 Å². The molecule has 0 aliphatic rings. The van der Waals surface area contributed by atoms with Gasteiger partial charge in [-0.25, -0.2) is 0 Å². The van der Waals surface area contributed by atoms with Crippen molar-refractivity contribution in [2.45, 2.75) is 19.4 Å². The molecule has 0 radical (unpaired) electrons. The summed E-state index contributed by atoms with van der Waals surface area (Å²) in [6.45, 7) is 2.81. The van der Waals surface area contributed by atoms with Crippen LogP contribution in [-0.2, 0) is 11.2 Å². The molecule has 2 atom stereocenters. The summed E-state index contributed by atoms with van der Waals surface area (Å²) in [7, 11) is 3.37. The molecule has 1 aromatic carbocycles. The largest absolute Gasteiger partial charge is 0.497 e. The fraction of sp³-hybridized carbons (Fsp3) is 0.538. The van der Waals surface area contributed by atoms with Crippen LogP contribution < -0.4 is 10.5 Å². The molecule has 0 fully saturated rings. The minimum atomic E-state index is 0.133. The van der Waals surface area contributed by atoms with E-state index in [1.807, 2.05) is 12.1 Å². The van der Waals surface area contributed by atoms with Gasteiger partial charge in [-0.1, -0.05) is 19.1 Å². The highest BCUT2D eigenvalue weighted by Gasteiger charge is 2.12. The minimum Gasteiger partial charge on any atom is -0.497 e. The van der Waals surface area contributed by atoms with E-state index in [9.17, 15) is 0 Å². The Hall–Kier alpha value is -1.06.